The van der Waals surface area contributed by atoms with Crippen LogP contribution in [0.5, 0.6) is 5.75 Å². The van der Waals surface area contributed by atoms with Crippen LogP contribution >= 0.6 is 0 Å². The van der Waals surface area contributed by atoms with Crippen molar-refractivity contribution in [2.24, 2.45) is 0 Å². The van der Waals surface area contributed by atoms with Crippen molar-refractivity contribution >= 4 is 5.52 Å². The molecule has 90 valence electrons. The summed E-state index contributed by atoms with van der Waals surface area (Å²) in [7, 11) is 0. The van der Waals surface area contributed by atoms with Crippen LogP contribution in [0.3, 0.4) is 0 Å². The van der Waals surface area contributed by atoms with Crippen molar-refractivity contribution in [3.05, 3.63) is 65.7 Å². The Labute approximate surface area is 105 Å². The number of aromatic hydroxyl groups is 1. The van der Waals surface area contributed by atoms with E-state index in [0.717, 1.165) is 17.8 Å². The zero-order chi connectivity index (χ0) is 12.5. The van der Waals surface area contributed by atoms with E-state index in [0.29, 0.717) is 0 Å². The number of imidazole rings is 1. The quantitative estimate of drug-likeness (QED) is 0.745. The smallest absolute Gasteiger partial charge is 0.141 e. The van der Waals surface area contributed by atoms with Crippen LogP contribution in [0.15, 0.2) is 48.8 Å². The maximum absolute atomic E-state index is 9.73. The van der Waals surface area contributed by atoms with Gasteiger partial charge in [0.05, 0.1) is 6.20 Å². The second-order valence-corrected chi connectivity index (χ2v) is 4.49. The van der Waals surface area contributed by atoms with Crippen molar-refractivity contribution in [2.75, 3.05) is 0 Å². The Hall–Kier alpha value is -2.29. The molecule has 0 saturated carbocycles. The summed E-state index contributed by atoms with van der Waals surface area (Å²) >= 11 is 0. The molecule has 3 nitrogen and oxygen atoms in total. The summed E-state index contributed by atoms with van der Waals surface area (Å²) in [5.41, 5.74) is 3.22. The molecule has 1 aromatic carbocycles. The average molecular weight is 238 g/mol. The Morgan fingerprint density at radius 2 is 1.94 bits per heavy atom. The number of hydrogen-bond donors (Lipinski definition) is 1. The van der Waals surface area contributed by atoms with Gasteiger partial charge >= 0.3 is 0 Å². The topological polar surface area (TPSA) is 37.5 Å². The highest BCUT2D eigenvalue weighted by molar-refractivity contribution is 5.58. The van der Waals surface area contributed by atoms with Gasteiger partial charge in [-0.3, -0.25) is 0 Å². The highest BCUT2D eigenvalue weighted by atomic mass is 16.3. The highest BCUT2D eigenvalue weighted by Crippen LogP contribution is 2.20. The third-order valence-corrected chi connectivity index (χ3v) is 3.11. The van der Waals surface area contributed by atoms with E-state index in [1.807, 2.05) is 16.7 Å². The Kier molecular flexibility index (Phi) is 2.52. The second kappa shape index (κ2) is 4.18. The third kappa shape index (κ3) is 1.84. The summed E-state index contributed by atoms with van der Waals surface area (Å²) in [6.07, 6.45) is 4.39. The molecular formula is C15H14N2O. The molecule has 0 atom stereocenters. The first-order chi connectivity index (χ1) is 8.74. The van der Waals surface area contributed by atoms with Gasteiger partial charge in [0.2, 0.25) is 0 Å². The molecule has 3 aromatic rings. The van der Waals surface area contributed by atoms with Gasteiger partial charge in [0.15, 0.2) is 0 Å². The van der Waals surface area contributed by atoms with E-state index in [9.17, 15) is 5.11 Å². The lowest BCUT2D eigenvalue weighted by Gasteiger charge is -2.03. The van der Waals surface area contributed by atoms with Gasteiger partial charge in [-0.2, -0.15) is 0 Å². The third-order valence-electron chi connectivity index (χ3n) is 3.11. The Morgan fingerprint density at radius 1 is 1.17 bits per heavy atom. The largest absolute Gasteiger partial charge is 0.506 e. The van der Waals surface area contributed by atoms with Crippen LogP contribution in [-0.2, 0) is 6.42 Å². The van der Waals surface area contributed by atoms with Crippen molar-refractivity contribution in [2.45, 2.75) is 13.3 Å². The lowest BCUT2D eigenvalue weighted by Crippen LogP contribution is -1.96. The number of fused-ring (bicyclic) bond motifs is 1. The first-order valence-electron chi connectivity index (χ1n) is 5.93. The number of aryl methyl sites for hydroxylation is 1. The molecular weight excluding hydrogens is 224 g/mol. The molecule has 2 aromatic heterocycles. The number of benzene rings is 1. The van der Waals surface area contributed by atoms with Crippen LogP contribution in [0.25, 0.3) is 5.52 Å². The van der Waals surface area contributed by atoms with Crippen LogP contribution in [0.1, 0.15) is 17.0 Å². The molecule has 0 fully saturated rings. The fourth-order valence-electron chi connectivity index (χ4n) is 2.08. The highest BCUT2D eigenvalue weighted by Gasteiger charge is 2.06. The lowest BCUT2D eigenvalue weighted by atomic mass is 10.1. The van der Waals surface area contributed by atoms with E-state index < -0.39 is 0 Å². The molecule has 0 aliphatic carbocycles. The SMILES string of the molecule is Cc1ccc(Cc2ncc3c(O)cccn23)cc1. The molecule has 3 heteroatoms. The van der Waals surface area contributed by atoms with E-state index >= 15 is 0 Å². The van der Waals surface area contributed by atoms with E-state index in [4.69, 9.17) is 0 Å². The number of aromatic nitrogens is 2. The predicted molar refractivity (Wildman–Crippen MR) is 70.8 cm³/mol. The standard InChI is InChI=1S/C15H14N2O/c1-11-4-6-12(7-5-11)9-15-16-10-13-14(18)3-2-8-17(13)15/h2-8,10,18H,9H2,1H3. The number of nitrogens with zero attached hydrogens (tertiary/aromatic N) is 2. The molecule has 0 radical (unpaired) electrons. The molecule has 0 amide bonds. The van der Waals surface area contributed by atoms with Gasteiger partial charge in [-0.1, -0.05) is 29.8 Å². The molecule has 0 aliphatic heterocycles. The number of hydrogen-bond acceptors (Lipinski definition) is 2. The van der Waals surface area contributed by atoms with Gasteiger partial charge in [-0.05, 0) is 24.6 Å². The minimum atomic E-state index is 0.264. The molecule has 1 N–H and O–H groups in total. The fourth-order valence-corrected chi connectivity index (χ4v) is 2.08. The van der Waals surface area contributed by atoms with Gasteiger partial charge in [-0.25, -0.2) is 4.98 Å². The maximum atomic E-state index is 9.73. The molecule has 0 saturated heterocycles. The van der Waals surface area contributed by atoms with E-state index in [2.05, 4.69) is 36.2 Å². The maximum Gasteiger partial charge on any atom is 0.141 e. The van der Waals surface area contributed by atoms with E-state index in [1.165, 1.54) is 11.1 Å². The minimum Gasteiger partial charge on any atom is -0.506 e. The summed E-state index contributed by atoms with van der Waals surface area (Å²) < 4.78 is 1.93. The van der Waals surface area contributed by atoms with Crippen molar-refractivity contribution in [3.63, 3.8) is 0 Å². The fraction of sp³-hybridized carbons (Fsp3) is 0.133. The molecule has 0 unspecified atom stereocenters. The first kappa shape index (κ1) is 10.8. The van der Waals surface area contributed by atoms with Crippen molar-refractivity contribution in [1.82, 2.24) is 9.38 Å². The monoisotopic (exact) mass is 238 g/mol. The van der Waals surface area contributed by atoms with Gasteiger partial charge < -0.3 is 9.51 Å². The van der Waals surface area contributed by atoms with Crippen molar-refractivity contribution < 1.29 is 5.11 Å². The Morgan fingerprint density at radius 3 is 2.72 bits per heavy atom. The summed E-state index contributed by atoms with van der Waals surface area (Å²) in [6.45, 7) is 2.08. The molecule has 0 bridgehead atoms. The zero-order valence-corrected chi connectivity index (χ0v) is 10.2. The summed E-state index contributed by atoms with van der Waals surface area (Å²) in [4.78, 5) is 4.38. The lowest BCUT2D eigenvalue weighted by molar-refractivity contribution is 0.479. The minimum absolute atomic E-state index is 0.264. The molecule has 3 rings (SSSR count). The van der Waals surface area contributed by atoms with Gasteiger partial charge in [0, 0.05) is 12.6 Å². The Bertz CT molecular complexity index is 683. The average Bonchev–Trinajstić information content (AvgIpc) is 2.77. The van der Waals surface area contributed by atoms with Gasteiger partial charge in [-0.15, -0.1) is 0 Å². The normalized spacial score (nSPS) is 10.9. The van der Waals surface area contributed by atoms with E-state index in [1.54, 1.807) is 12.3 Å². The van der Waals surface area contributed by atoms with Gasteiger partial charge in [0.25, 0.3) is 0 Å². The summed E-state index contributed by atoms with van der Waals surface area (Å²) in [5.74, 6) is 1.20. The Balaban J connectivity index is 2.00. The van der Waals surface area contributed by atoms with Crippen LogP contribution in [0.2, 0.25) is 0 Å². The van der Waals surface area contributed by atoms with Crippen LogP contribution in [0.4, 0.5) is 0 Å². The van der Waals surface area contributed by atoms with Crippen molar-refractivity contribution in [3.8, 4) is 5.75 Å². The van der Waals surface area contributed by atoms with Crippen LogP contribution in [0, 0.1) is 6.92 Å². The second-order valence-electron chi connectivity index (χ2n) is 4.49. The van der Waals surface area contributed by atoms with Crippen LogP contribution in [-0.4, -0.2) is 14.5 Å². The number of pyridine rings is 1. The van der Waals surface area contributed by atoms with Crippen molar-refractivity contribution in [1.29, 1.82) is 0 Å². The number of rotatable bonds is 2. The van der Waals surface area contributed by atoms with Crippen LogP contribution < -0.4 is 0 Å². The molecule has 0 aliphatic rings. The summed E-state index contributed by atoms with van der Waals surface area (Å²) in [5, 5.41) is 9.73. The molecule has 2 heterocycles. The molecule has 18 heavy (non-hydrogen) atoms. The van der Waals surface area contributed by atoms with E-state index in [-0.39, 0.29) is 5.75 Å². The zero-order valence-electron chi connectivity index (χ0n) is 10.2. The van der Waals surface area contributed by atoms with Gasteiger partial charge in [0.1, 0.15) is 17.1 Å². The first-order valence-corrected chi connectivity index (χ1v) is 5.93. The predicted octanol–water partition coefficient (Wildman–Crippen LogP) is 2.94. The molecule has 0 spiro atoms. The summed E-state index contributed by atoms with van der Waals surface area (Å²) in [6, 6.07) is 11.9.